The highest BCUT2D eigenvalue weighted by molar-refractivity contribution is 5.89. The second-order valence-corrected chi connectivity index (χ2v) is 5.31. The number of benzene rings is 1. The minimum atomic E-state index is -0.695. The summed E-state index contributed by atoms with van der Waals surface area (Å²) < 4.78 is 5.00. The van der Waals surface area contributed by atoms with Gasteiger partial charge in [0.2, 0.25) is 0 Å². The number of carboxylic acid groups (broad SMARTS) is 1. The Balaban J connectivity index is 1.93. The summed E-state index contributed by atoms with van der Waals surface area (Å²) in [5, 5.41) is 8.99. The molecule has 0 saturated carbocycles. The third-order valence-corrected chi connectivity index (χ3v) is 3.78. The first-order valence-electron chi connectivity index (χ1n) is 7.31. The van der Waals surface area contributed by atoms with Crippen molar-refractivity contribution in [2.45, 2.75) is 26.3 Å². The number of likely N-dealkylation sites (tertiary alicyclic amines) is 1. The van der Waals surface area contributed by atoms with Crippen LogP contribution < -0.4 is 0 Å². The van der Waals surface area contributed by atoms with Crippen LogP contribution in [0.3, 0.4) is 0 Å². The Morgan fingerprint density at radius 1 is 1.33 bits per heavy atom. The summed E-state index contributed by atoms with van der Waals surface area (Å²) >= 11 is 0. The van der Waals surface area contributed by atoms with E-state index in [4.69, 9.17) is 9.84 Å². The molecule has 21 heavy (non-hydrogen) atoms. The van der Waals surface area contributed by atoms with E-state index in [0.717, 1.165) is 25.2 Å². The first-order valence-corrected chi connectivity index (χ1v) is 7.31. The molecule has 1 fully saturated rings. The lowest BCUT2D eigenvalue weighted by Gasteiger charge is -2.30. The minimum absolute atomic E-state index is 0.216. The first kappa shape index (κ1) is 15.5. The van der Waals surface area contributed by atoms with Crippen molar-refractivity contribution in [1.29, 1.82) is 0 Å². The summed E-state index contributed by atoms with van der Waals surface area (Å²) in [6.45, 7) is 4.45. The predicted molar refractivity (Wildman–Crippen MR) is 78.0 cm³/mol. The Morgan fingerprint density at radius 2 is 2.05 bits per heavy atom. The fourth-order valence-electron chi connectivity index (χ4n) is 2.61. The molecule has 5 nitrogen and oxygen atoms in total. The van der Waals surface area contributed by atoms with Crippen LogP contribution in [0.5, 0.6) is 0 Å². The lowest BCUT2D eigenvalue weighted by Crippen LogP contribution is -2.35. The molecule has 1 N–H and O–H groups in total. The van der Waals surface area contributed by atoms with Crippen LogP contribution in [0.25, 0.3) is 0 Å². The highest BCUT2D eigenvalue weighted by atomic mass is 16.5. The molecule has 1 aromatic carbocycles. The van der Waals surface area contributed by atoms with E-state index < -0.39 is 5.97 Å². The van der Waals surface area contributed by atoms with Crippen molar-refractivity contribution in [2.24, 2.45) is 5.92 Å². The molecule has 1 aliphatic rings. The van der Waals surface area contributed by atoms with E-state index >= 15 is 0 Å². The fraction of sp³-hybridized carbons (Fsp3) is 0.500. The van der Waals surface area contributed by atoms with Gasteiger partial charge in [0, 0.05) is 6.54 Å². The van der Waals surface area contributed by atoms with Crippen molar-refractivity contribution in [1.82, 2.24) is 4.90 Å². The van der Waals surface area contributed by atoms with E-state index in [-0.39, 0.29) is 11.9 Å². The maximum absolute atomic E-state index is 11.7. The van der Waals surface area contributed by atoms with Crippen molar-refractivity contribution in [2.75, 3.05) is 19.7 Å². The number of carbonyl (C=O) groups is 2. The lowest BCUT2D eigenvalue weighted by atomic mass is 9.96. The van der Waals surface area contributed by atoms with Crippen LogP contribution in [0.2, 0.25) is 0 Å². The molecule has 114 valence electrons. The van der Waals surface area contributed by atoms with Crippen LogP contribution in [0.4, 0.5) is 0 Å². The summed E-state index contributed by atoms with van der Waals surface area (Å²) in [7, 11) is 0. The number of nitrogens with zero attached hydrogens (tertiary/aromatic N) is 1. The topological polar surface area (TPSA) is 66.8 Å². The van der Waals surface area contributed by atoms with Crippen molar-refractivity contribution in [3.05, 3.63) is 35.4 Å². The summed E-state index contributed by atoms with van der Waals surface area (Å²) in [5.41, 5.74) is 1.61. The zero-order chi connectivity index (χ0) is 15.2. The highest BCUT2D eigenvalue weighted by Crippen LogP contribution is 2.19. The summed E-state index contributed by atoms with van der Waals surface area (Å²) in [4.78, 5) is 24.9. The number of carbonyl (C=O) groups excluding carboxylic acids is 1. The van der Waals surface area contributed by atoms with Gasteiger partial charge in [-0.2, -0.15) is 0 Å². The lowest BCUT2D eigenvalue weighted by molar-refractivity contribution is -0.143. The minimum Gasteiger partial charge on any atom is -0.481 e. The first-order chi connectivity index (χ1) is 10.1. The fourth-order valence-corrected chi connectivity index (χ4v) is 2.61. The summed E-state index contributed by atoms with van der Waals surface area (Å²) in [5.74, 6) is -1.21. The Kier molecular flexibility index (Phi) is 5.33. The molecule has 2 rings (SSSR count). The second kappa shape index (κ2) is 7.22. The van der Waals surface area contributed by atoms with Crippen LogP contribution in [0.15, 0.2) is 24.3 Å². The van der Waals surface area contributed by atoms with Crippen molar-refractivity contribution >= 4 is 11.9 Å². The molecule has 1 saturated heterocycles. The van der Waals surface area contributed by atoms with Crippen LogP contribution in [0.1, 0.15) is 35.7 Å². The van der Waals surface area contributed by atoms with Crippen molar-refractivity contribution < 1.29 is 19.4 Å². The molecular weight excluding hydrogens is 270 g/mol. The highest BCUT2D eigenvalue weighted by Gasteiger charge is 2.24. The van der Waals surface area contributed by atoms with E-state index in [9.17, 15) is 9.59 Å². The van der Waals surface area contributed by atoms with Gasteiger partial charge in [0.05, 0.1) is 18.1 Å². The van der Waals surface area contributed by atoms with Crippen LogP contribution >= 0.6 is 0 Å². The SMILES string of the molecule is CCOC(=O)c1cccc(CN2CCC(C(=O)O)CC2)c1. The number of aliphatic carboxylic acids is 1. The molecule has 0 unspecified atom stereocenters. The van der Waals surface area contributed by atoms with E-state index in [1.807, 2.05) is 18.2 Å². The maximum Gasteiger partial charge on any atom is 0.338 e. The zero-order valence-corrected chi connectivity index (χ0v) is 12.2. The molecule has 1 aromatic rings. The largest absolute Gasteiger partial charge is 0.481 e. The number of esters is 1. The van der Waals surface area contributed by atoms with Gasteiger partial charge >= 0.3 is 11.9 Å². The van der Waals surface area contributed by atoms with Crippen LogP contribution in [-0.2, 0) is 16.1 Å². The molecule has 0 aliphatic carbocycles. The number of piperidine rings is 1. The van der Waals surface area contributed by atoms with E-state index in [1.165, 1.54) is 0 Å². The van der Waals surface area contributed by atoms with E-state index in [1.54, 1.807) is 13.0 Å². The van der Waals surface area contributed by atoms with Gasteiger partial charge in [-0.3, -0.25) is 9.69 Å². The van der Waals surface area contributed by atoms with Gasteiger partial charge in [0.15, 0.2) is 0 Å². The Bertz CT molecular complexity index is 507. The van der Waals surface area contributed by atoms with E-state index in [0.29, 0.717) is 25.0 Å². The number of hydrogen-bond donors (Lipinski definition) is 1. The van der Waals surface area contributed by atoms with Gasteiger partial charge in [-0.25, -0.2) is 4.79 Å². The number of hydrogen-bond acceptors (Lipinski definition) is 4. The molecule has 0 aromatic heterocycles. The van der Waals surface area contributed by atoms with Gasteiger partial charge < -0.3 is 9.84 Å². The summed E-state index contributed by atoms with van der Waals surface area (Å²) in [6, 6.07) is 7.43. The molecule has 0 spiro atoms. The predicted octanol–water partition coefficient (Wildman–Crippen LogP) is 2.16. The normalized spacial score (nSPS) is 16.6. The second-order valence-electron chi connectivity index (χ2n) is 5.31. The molecule has 5 heteroatoms. The van der Waals surface area contributed by atoms with Crippen molar-refractivity contribution in [3.8, 4) is 0 Å². The molecule has 0 amide bonds. The van der Waals surface area contributed by atoms with Gasteiger partial charge in [-0.1, -0.05) is 12.1 Å². The Hall–Kier alpha value is -1.88. The van der Waals surface area contributed by atoms with Gasteiger partial charge in [-0.05, 0) is 50.6 Å². The number of carboxylic acids is 1. The van der Waals surface area contributed by atoms with E-state index in [2.05, 4.69) is 4.90 Å². The standard InChI is InChI=1S/C16H21NO4/c1-2-21-16(20)14-5-3-4-12(10-14)11-17-8-6-13(7-9-17)15(18)19/h3-5,10,13H,2,6-9,11H2,1H3,(H,18,19). The average molecular weight is 291 g/mol. The molecule has 0 atom stereocenters. The van der Waals surface area contributed by atoms with Crippen LogP contribution in [0, 0.1) is 5.92 Å². The molecule has 0 radical (unpaired) electrons. The summed E-state index contributed by atoms with van der Waals surface area (Å²) in [6.07, 6.45) is 1.37. The molecule has 1 heterocycles. The number of rotatable bonds is 5. The zero-order valence-electron chi connectivity index (χ0n) is 12.2. The van der Waals surface area contributed by atoms with Gasteiger partial charge in [0.25, 0.3) is 0 Å². The van der Waals surface area contributed by atoms with Crippen molar-refractivity contribution in [3.63, 3.8) is 0 Å². The average Bonchev–Trinajstić information content (AvgIpc) is 2.48. The Morgan fingerprint density at radius 3 is 2.67 bits per heavy atom. The Labute approximate surface area is 124 Å². The quantitative estimate of drug-likeness (QED) is 0.842. The van der Waals surface area contributed by atoms with Gasteiger partial charge in [0.1, 0.15) is 0 Å². The molecule has 1 aliphatic heterocycles. The third-order valence-electron chi connectivity index (χ3n) is 3.78. The van der Waals surface area contributed by atoms with Crippen LogP contribution in [-0.4, -0.2) is 41.6 Å². The third kappa shape index (κ3) is 4.29. The maximum atomic E-state index is 11.7. The monoisotopic (exact) mass is 291 g/mol. The van der Waals surface area contributed by atoms with Gasteiger partial charge in [-0.15, -0.1) is 0 Å². The molecular formula is C16H21NO4. The molecule has 0 bridgehead atoms. The number of ether oxygens (including phenoxy) is 1. The smallest absolute Gasteiger partial charge is 0.338 e.